The van der Waals surface area contributed by atoms with Gasteiger partial charge in [-0.25, -0.2) is 0 Å². The predicted octanol–water partition coefficient (Wildman–Crippen LogP) is 3.65. The fraction of sp³-hybridized carbons (Fsp3) is 0.667. The Balaban J connectivity index is 1.65. The number of amides is 1. The van der Waals surface area contributed by atoms with E-state index in [2.05, 4.69) is 54.8 Å². The fourth-order valence-electron chi connectivity index (χ4n) is 3.79. The summed E-state index contributed by atoms with van der Waals surface area (Å²) in [6.07, 6.45) is 6.10. The van der Waals surface area contributed by atoms with E-state index in [1.165, 1.54) is 36.8 Å². The van der Waals surface area contributed by atoms with Crippen molar-refractivity contribution in [2.45, 2.75) is 65.0 Å². The Bertz CT molecular complexity index is 545. The van der Waals surface area contributed by atoms with E-state index in [1.807, 2.05) is 0 Å². The molecule has 0 N–H and O–H groups in total. The Hall–Kier alpha value is -1.35. The average molecular weight is 329 g/mol. The van der Waals surface area contributed by atoms with Gasteiger partial charge in [-0.3, -0.25) is 9.69 Å². The second-order valence-electron chi connectivity index (χ2n) is 7.57. The van der Waals surface area contributed by atoms with Crippen molar-refractivity contribution in [3.05, 3.63) is 35.4 Å². The first-order valence-electron chi connectivity index (χ1n) is 9.71. The molecule has 1 aromatic rings. The third kappa shape index (κ3) is 4.38. The lowest BCUT2D eigenvalue weighted by atomic mass is 9.99. The molecule has 2 saturated carbocycles. The number of rotatable bonds is 9. The first kappa shape index (κ1) is 17.5. The highest BCUT2D eigenvalue weighted by Crippen LogP contribution is 2.37. The topological polar surface area (TPSA) is 23.6 Å². The number of carbonyl (C=O) groups excluding carboxylic acids is 1. The van der Waals surface area contributed by atoms with Crippen molar-refractivity contribution in [3.8, 4) is 0 Å². The van der Waals surface area contributed by atoms with Crippen LogP contribution in [0.25, 0.3) is 0 Å². The summed E-state index contributed by atoms with van der Waals surface area (Å²) in [5, 5.41) is 0. The highest BCUT2D eigenvalue weighted by molar-refractivity contribution is 5.79. The lowest BCUT2D eigenvalue weighted by molar-refractivity contribution is -0.133. The van der Waals surface area contributed by atoms with Gasteiger partial charge in [0.25, 0.3) is 0 Å². The molecule has 2 aliphatic rings. The maximum absolute atomic E-state index is 12.8. The van der Waals surface area contributed by atoms with Crippen LogP contribution in [0.5, 0.6) is 0 Å². The van der Waals surface area contributed by atoms with Crippen LogP contribution in [0.4, 0.5) is 0 Å². The van der Waals surface area contributed by atoms with Crippen molar-refractivity contribution in [2.75, 3.05) is 19.6 Å². The standard InChI is InChI=1S/C21H32N2O/c1-4-22(15-21(24)23(5-2)19-12-13-19)20(18-10-11-18)14-17-8-6-16(3)7-9-17/h6-9,18-20H,4-5,10-15H2,1-3H3/t20-/m0/s1. The van der Waals surface area contributed by atoms with E-state index in [0.717, 1.165) is 25.4 Å². The van der Waals surface area contributed by atoms with Gasteiger partial charge in [0.05, 0.1) is 6.54 Å². The van der Waals surface area contributed by atoms with Crippen LogP contribution in [0, 0.1) is 12.8 Å². The van der Waals surface area contributed by atoms with Gasteiger partial charge in [0.1, 0.15) is 0 Å². The molecule has 0 spiro atoms. The summed E-state index contributed by atoms with van der Waals surface area (Å²) in [5.74, 6) is 1.10. The molecule has 2 fully saturated rings. The smallest absolute Gasteiger partial charge is 0.236 e. The highest BCUT2D eigenvalue weighted by Gasteiger charge is 2.37. The number of aryl methyl sites for hydroxylation is 1. The maximum Gasteiger partial charge on any atom is 0.236 e. The molecule has 24 heavy (non-hydrogen) atoms. The van der Waals surface area contributed by atoms with Crippen molar-refractivity contribution in [1.29, 1.82) is 0 Å². The van der Waals surface area contributed by atoms with Crippen molar-refractivity contribution < 1.29 is 4.79 Å². The van der Waals surface area contributed by atoms with Gasteiger partial charge < -0.3 is 4.90 Å². The van der Waals surface area contributed by atoms with Crippen molar-refractivity contribution in [1.82, 2.24) is 9.80 Å². The van der Waals surface area contributed by atoms with E-state index >= 15 is 0 Å². The van der Waals surface area contributed by atoms with Crippen LogP contribution >= 0.6 is 0 Å². The van der Waals surface area contributed by atoms with Crippen LogP contribution in [0.3, 0.4) is 0 Å². The number of hydrogen-bond donors (Lipinski definition) is 0. The molecule has 2 aliphatic carbocycles. The zero-order valence-electron chi connectivity index (χ0n) is 15.5. The van der Waals surface area contributed by atoms with Crippen molar-refractivity contribution in [3.63, 3.8) is 0 Å². The summed E-state index contributed by atoms with van der Waals surface area (Å²) in [4.78, 5) is 17.3. The Morgan fingerprint density at radius 1 is 1.08 bits per heavy atom. The summed E-state index contributed by atoms with van der Waals surface area (Å²) < 4.78 is 0. The lowest BCUT2D eigenvalue weighted by Crippen LogP contribution is -2.46. The molecule has 3 rings (SSSR count). The number of likely N-dealkylation sites (N-methyl/N-ethyl adjacent to an activating group) is 2. The van der Waals surface area contributed by atoms with Crippen LogP contribution in [0.1, 0.15) is 50.7 Å². The minimum Gasteiger partial charge on any atom is -0.339 e. The predicted molar refractivity (Wildman–Crippen MR) is 99.1 cm³/mol. The second-order valence-corrected chi connectivity index (χ2v) is 7.57. The minimum absolute atomic E-state index is 0.330. The Kier molecular flexibility index (Phi) is 5.60. The van der Waals surface area contributed by atoms with E-state index in [-0.39, 0.29) is 0 Å². The molecule has 1 atom stereocenters. The summed E-state index contributed by atoms with van der Waals surface area (Å²) in [6, 6.07) is 9.95. The molecule has 1 aromatic carbocycles. The number of benzene rings is 1. The zero-order valence-corrected chi connectivity index (χ0v) is 15.5. The van der Waals surface area contributed by atoms with Crippen LogP contribution in [0.15, 0.2) is 24.3 Å². The van der Waals surface area contributed by atoms with Crippen molar-refractivity contribution >= 4 is 5.91 Å². The molecule has 0 unspecified atom stereocenters. The Morgan fingerprint density at radius 3 is 2.25 bits per heavy atom. The molecule has 3 heteroatoms. The van der Waals surface area contributed by atoms with Crippen LogP contribution in [0.2, 0.25) is 0 Å². The minimum atomic E-state index is 0.330. The van der Waals surface area contributed by atoms with Gasteiger partial charge in [-0.1, -0.05) is 36.8 Å². The van der Waals surface area contributed by atoms with E-state index in [0.29, 0.717) is 24.5 Å². The third-order valence-corrected chi connectivity index (χ3v) is 5.59. The molecular weight excluding hydrogens is 296 g/mol. The summed E-state index contributed by atoms with van der Waals surface area (Å²) in [6.45, 7) is 8.85. The Morgan fingerprint density at radius 2 is 1.75 bits per heavy atom. The van der Waals surface area contributed by atoms with Gasteiger partial charge in [0, 0.05) is 18.6 Å². The monoisotopic (exact) mass is 328 g/mol. The van der Waals surface area contributed by atoms with Gasteiger partial charge in [-0.2, -0.15) is 0 Å². The van der Waals surface area contributed by atoms with Crippen LogP contribution in [-0.4, -0.2) is 47.4 Å². The Labute approximate surface area is 147 Å². The molecular formula is C21H32N2O. The van der Waals surface area contributed by atoms with E-state index in [1.54, 1.807) is 0 Å². The maximum atomic E-state index is 12.8. The molecule has 0 aliphatic heterocycles. The lowest BCUT2D eigenvalue weighted by Gasteiger charge is -2.33. The van der Waals surface area contributed by atoms with Crippen molar-refractivity contribution in [2.24, 2.45) is 5.92 Å². The molecule has 132 valence electrons. The summed E-state index contributed by atoms with van der Waals surface area (Å²) in [7, 11) is 0. The molecule has 3 nitrogen and oxygen atoms in total. The van der Waals surface area contributed by atoms with Crippen LogP contribution in [-0.2, 0) is 11.2 Å². The summed E-state index contributed by atoms with van der Waals surface area (Å²) in [5.41, 5.74) is 2.71. The summed E-state index contributed by atoms with van der Waals surface area (Å²) >= 11 is 0. The van der Waals surface area contributed by atoms with Gasteiger partial charge >= 0.3 is 0 Å². The number of nitrogens with zero attached hydrogens (tertiary/aromatic N) is 2. The number of hydrogen-bond acceptors (Lipinski definition) is 2. The van der Waals surface area contributed by atoms with Gasteiger partial charge in [0.2, 0.25) is 5.91 Å². The first-order chi connectivity index (χ1) is 11.6. The molecule has 0 saturated heterocycles. The SMILES string of the molecule is CCN(C(=O)CN(CC)[C@@H](Cc1ccc(C)cc1)C1CC1)C1CC1. The van der Waals surface area contributed by atoms with E-state index in [4.69, 9.17) is 0 Å². The van der Waals surface area contributed by atoms with E-state index < -0.39 is 0 Å². The average Bonchev–Trinajstić information content (AvgIpc) is 3.46. The van der Waals surface area contributed by atoms with Gasteiger partial charge in [-0.15, -0.1) is 0 Å². The molecule has 0 bridgehead atoms. The molecule has 0 aromatic heterocycles. The molecule has 1 amide bonds. The largest absolute Gasteiger partial charge is 0.339 e. The molecule has 0 radical (unpaired) electrons. The van der Waals surface area contributed by atoms with Gasteiger partial charge in [-0.05, 0) is 64.0 Å². The zero-order chi connectivity index (χ0) is 17.1. The first-order valence-corrected chi connectivity index (χ1v) is 9.71. The quantitative estimate of drug-likeness (QED) is 0.691. The second kappa shape index (κ2) is 7.69. The number of carbonyl (C=O) groups is 1. The molecule has 0 heterocycles. The fourth-order valence-corrected chi connectivity index (χ4v) is 3.79. The van der Waals surface area contributed by atoms with E-state index in [9.17, 15) is 4.79 Å². The third-order valence-electron chi connectivity index (χ3n) is 5.59. The normalized spacial score (nSPS) is 18.7. The van der Waals surface area contributed by atoms with Gasteiger partial charge in [0.15, 0.2) is 0 Å². The van der Waals surface area contributed by atoms with Crippen LogP contribution < -0.4 is 0 Å². The highest BCUT2D eigenvalue weighted by atomic mass is 16.2.